The number of amides is 2. The van der Waals surface area contributed by atoms with Gasteiger partial charge in [0.15, 0.2) is 11.5 Å². The van der Waals surface area contributed by atoms with Gasteiger partial charge >= 0.3 is 17.8 Å². The lowest BCUT2D eigenvalue weighted by atomic mass is 10.2. The van der Waals surface area contributed by atoms with E-state index in [1.165, 1.54) is 32.6 Å². The molecule has 35 heavy (non-hydrogen) atoms. The number of hydrogen-bond acceptors (Lipinski definition) is 7. The van der Waals surface area contributed by atoms with E-state index in [1.807, 2.05) is 30.3 Å². The fourth-order valence-electron chi connectivity index (χ4n) is 2.80. The van der Waals surface area contributed by atoms with Crippen LogP contribution < -0.4 is 25.0 Å². The molecule has 0 fully saturated rings. The van der Waals surface area contributed by atoms with E-state index < -0.39 is 17.8 Å². The summed E-state index contributed by atoms with van der Waals surface area (Å²) in [6.45, 7) is 0. The number of nitrogens with one attached hydrogen (secondary N) is 2. The van der Waals surface area contributed by atoms with Crippen molar-refractivity contribution in [3.63, 3.8) is 0 Å². The van der Waals surface area contributed by atoms with E-state index >= 15 is 0 Å². The van der Waals surface area contributed by atoms with Crippen LogP contribution in [0, 0.1) is 0 Å². The molecule has 0 heterocycles. The van der Waals surface area contributed by atoms with Gasteiger partial charge in [0.25, 0.3) is 0 Å². The molecule has 9 nitrogen and oxygen atoms in total. The summed E-state index contributed by atoms with van der Waals surface area (Å²) in [5, 5.41) is 6.23. The number of anilines is 1. The van der Waals surface area contributed by atoms with Crippen LogP contribution >= 0.6 is 0 Å². The van der Waals surface area contributed by atoms with Crippen molar-refractivity contribution in [1.82, 2.24) is 5.43 Å². The van der Waals surface area contributed by atoms with Crippen molar-refractivity contribution in [2.75, 3.05) is 19.5 Å². The molecule has 178 valence electrons. The molecule has 2 N–H and O–H groups in total. The Morgan fingerprint density at radius 3 is 2.23 bits per heavy atom. The Kier molecular flexibility index (Phi) is 8.73. The number of benzene rings is 3. The zero-order chi connectivity index (χ0) is 25.0. The normalized spacial score (nSPS) is 10.7. The van der Waals surface area contributed by atoms with Crippen LogP contribution in [0.4, 0.5) is 5.69 Å². The van der Waals surface area contributed by atoms with Gasteiger partial charge in [0, 0.05) is 11.8 Å². The van der Waals surface area contributed by atoms with Crippen molar-refractivity contribution in [2.45, 2.75) is 0 Å². The first-order valence-corrected chi connectivity index (χ1v) is 10.4. The Morgan fingerprint density at radius 2 is 1.54 bits per heavy atom. The van der Waals surface area contributed by atoms with Crippen LogP contribution in [-0.4, -0.2) is 38.2 Å². The number of carbonyl (C=O) groups is 3. The van der Waals surface area contributed by atoms with Gasteiger partial charge in [-0.1, -0.05) is 30.3 Å². The minimum absolute atomic E-state index is 0.218. The monoisotopic (exact) mass is 473 g/mol. The summed E-state index contributed by atoms with van der Waals surface area (Å²) >= 11 is 0. The minimum Gasteiger partial charge on any atom is -0.497 e. The summed E-state index contributed by atoms with van der Waals surface area (Å²) in [7, 11) is 2.96. The predicted octanol–water partition coefficient (Wildman–Crippen LogP) is 3.41. The Hall–Kier alpha value is -4.92. The number of ether oxygens (including phenoxy) is 3. The molecule has 0 saturated heterocycles. The Bertz CT molecular complexity index is 1240. The zero-order valence-electron chi connectivity index (χ0n) is 19.1. The number of hydrazone groups is 1. The van der Waals surface area contributed by atoms with Crippen LogP contribution in [0.15, 0.2) is 84.0 Å². The Labute approximate surface area is 202 Å². The third-order valence-corrected chi connectivity index (χ3v) is 4.54. The van der Waals surface area contributed by atoms with Gasteiger partial charge in [-0.25, -0.2) is 10.2 Å². The molecule has 9 heteroatoms. The third kappa shape index (κ3) is 7.57. The molecule has 0 spiro atoms. The average Bonchev–Trinajstić information content (AvgIpc) is 2.89. The van der Waals surface area contributed by atoms with Gasteiger partial charge in [0.2, 0.25) is 0 Å². The summed E-state index contributed by atoms with van der Waals surface area (Å²) in [5.74, 6) is -1.26. The second-order valence-corrected chi connectivity index (χ2v) is 6.96. The molecule has 0 aromatic heterocycles. The van der Waals surface area contributed by atoms with Gasteiger partial charge < -0.3 is 19.5 Å². The molecule has 0 aliphatic carbocycles. The number of carbonyl (C=O) groups excluding carboxylic acids is 3. The number of esters is 1. The first-order valence-electron chi connectivity index (χ1n) is 10.4. The van der Waals surface area contributed by atoms with E-state index in [2.05, 4.69) is 15.8 Å². The standard InChI is InChI=1S/C26H23N3O6/c1-33-21-12-10-20(11-13-21)28-25(31)26(32)29-27-17-19-8-14-22(23(16-19)34-2)35-24(30)15-9-18-6-4-3-5-7-18/h3-17H,1-2H3,(H,28,31)(H,29,32)/b15-9+,27-17+. The van der Waals surface area contributed by atoms with Gasteiger partial charge in [-0.05, 0) is 59.7 Å². The highest BCUT2D eigenvalue weighted by Gasteiger charge is 2.13. The summed E-state index contributed by atoms with van der Waals surface area (Å²) in [6.07, 6.45) is 4.28. The van der Waals surface area contributed by atoms with Gasteiger partial charge in [-0.2, -0.15) is 5.10 Å². The predicted molar refractivity (Wildman–Crippen MR) is 131 cm³/mol. The van der Waals surface area contributed by atoms with Crippen LogP contribution in [0.1, 0.15) is 11.1 Å². The van der Waals surface area contributed by atoms with Crippen molar-refractivity contribution in [2.24, 2.45) is 5.10 Å². The third-order valence-electron chi connectivity index (χ3n) is 4.54. The Balaban J connectivity index is 1.55. The molecule has 2 amide bonds. The summed E-state index contributed by atoms with van der Waals surface area (Å²) in [5.41, 5.74) is 3.99. The first-order chi connectivity index (χ1) is 17.0. The maximum Gasteiger partial charge on any atom is 0.336 e. The molecule has 3 aromatic rings. The van der Waals surface area contributed by atoms with Crippen LogP contribution in [0.25, 0.3) is 6.08 Å². The van der Waals surface area contributed by atoms with Crippen molar-refractivity contribution in [3.8, 4) is 17.2 Å². The van der Waals surface area contributed by atoms with Crippen LogP contribution in [-0.2, 0) is 14.4 Å². The lowest BCUT2D eigenvalue weighted by Gasteiger charge is -2.08. The van der Waals surface area contributed by atoms with E-state index in [4.69, 9.17) is 14.2 Å². The molecule has 0 aliphatic heterocycles. The van der Waals surface area contributed by atoms with Crippen molar-refractivity contribution < 1.29 is 28.6 Å². The second-order valence-electron chi connectivity index (χ2n) is 6.96. The topological polar surface area (TPSA) is 115 Å². The molecule has 0 saturated carbocycles. The number of nitrogens with zero attached hydrogens (tertiary/aromatic N) is 1. The Morgan fingerprint density at radius 1 is 0.800 bits per heavy atom. The summed E-state index contributed by atoms with van der Waals surface area (Å²) in [4.78, 5) is 36.1. The van der Waals surface area contributed by atoms with Gasteiger partial charge in [-0.3, -0.25) is 9.59 Å². The van der Waals surface area contributed by atoms with E-state index in [9.17, 15) is 14.4 Å². The highest BCUT2D eigenvalue weighted by atomic mass is 16.6. The van der Waals surface area contributed by atoms with Crippen LogP contribution in [0.2, 0.25) is 0 Å². The van der Waals surface area contributed by atoms with E-state index in [0.29, 0.717) is 22.7 Å². The molecule has 0 radical (unpaired) electrons. The van der Waals surface area contributed by atoms with Gasteiger partial charge in [-0.15, -0.1) is 0 Å². The van der Waals surface area contributed by atoms with E-state index in [0.717, 1.165) is 5.56 Å². The maximum atomic E-state index is 12.1. The molecule has 3 aromatic carbocycles. The summed E-state index contributed by atoms with van der Waals surface area (Å²) < 4.78 is 15.6. The first kappa shape index (κ1) is 24.7. The fraction of sp³-hybridized carbons (Fsp3) is 0.0769. The fourth-order valence-corrected chi connectivity index (χ4v) is 2.80. The second kappa shape index (κ2) is 12.4. The van der Waals surface area contributed by atoms with Crippen molar-refractivity contribution >= 4 is 35.8 Å². The molecular formula is C26H23N3O6. The van der Waals surface area contributed by atoms with Crippen molar-refractivity contribution in [3.05, 3.63) is 90.0 Å². The molecule has 0 bridgehead atoms. The van der Waals surface area contributed by atoms with Gasteiger partial charge in [0.05, 0.1) is 20.4 Å². The highest BCUT2D eigenvalue weighted by Crippen LogP contribution is 2.27. The number of methoxy groups -OCH3 is 2. The van der Waals surface area contributed by atoms with Crippen LogP contribution in [0.3, 0.4) is 0 Å². The average molecular weight is 473 g/mol. The largest absolute Gasteiger partial charge is 0.497 e. The zero-order valence-corrected chi connectivity index (χ0v) is 19.1. The van der Waals surface area contributed by atoms with E-state index in [-0.39, 0.29) is 5.75 Å². The van der Waals surface area contributed by atoms with Crippen molar-refractivity contribution in [1.29, 1.82) is 0 Å². The summed E-state index contributed by atoms with van der Waals surface area (Å²) in [6, 6.07) is 20.6. The molecule has 0 aliphatic rings. The molecule has 0 atom stereocenters. The highest BCUT2D eigenvalue weighted by molar-refractivity contribution is 6.39. The van der Waals surface area contributed by atoms with E-state index in [1.54, 1.807) is 42.5 Å². The van der Waals surface area contributed by atoms with Gasteiger partial charge in [0.1, 0.15) is 5.75 Å². The quantitative estimate of drug-likeness (QED) is 0.129. The van der Waals surface area contributed by atoms with Crippen LogP contribution in [0.5, 0.6) is 17.2 Å². The SMILES string of the molecule is COc1ccc(NC(=O)C(=O)N/N=C/c2ccc(OC(=O)/C=C/c3ccccc3)c(OC)c2)cc1. The molecular weight excluding hydrogens is 450 g/mol. The maximum absolute atomic E-state index is 12.1. The minimum atomic E-state index is -0.945. The lowest BCUT2D eigenvalue weighted by molar-refractivity contribution is -0.136. The number of hydrogen-bond donors (Lipinski definition) is 2. The molecule has 3 rings (SSSR count). The number of rotatable bonds is 8. The molecule has 0 unspecified atom stereocenters. The smallest absolute Gasteiger partial charge is 0.336 e. The lowest BCUT2D eigenvalue weighted by Crippen LogP contribution is -2.32.